The molecular formula is C22H33NO3. The summed E-state index contributed by atoms with van der Waals surface area (Å²) in [5.41, 5.74) is 1.14. The number of amides is 1. The van der Waals surface area contributed by atoms with Gasteiger partial charge in [-0.2, -0.15) is 0 Å². The van der Waals surface area contributed by atoms with Crippen LogP contribution in [-0.4, -0.2) is 41.9 Å². The maximum absolute atomic E-state index is 12.8. The summed E-state index contributed by atoms with van der Waals surface area (Å²) in [7, 11) is 3.69. The van der Waals surface area contributed by atoms with Gasteiger partial charge in [0.15, 0.2) is 5.78 Å². The van der Waals surface area contributed by atoms with Gasteiger partial charge in [0.1, 0.15) is 0 Å². The van der Waals surface area contributed by atoms with Crippen LogP contribution in [0.1, 0.15) is 58.8 Å². The van der Waals surface area contributed by atoms with Crippen LogP contribution < -0.4 is 0 Å². The lowest BCUT2D eigenvalue weighted by Gasteiger charge is -2.59. The van der Waals surface area contributed by atoms with Gasteiger partial charge in [0.25, 0.3) is 0 Å². The summed E-state index contributed by atoms with van der Waals surface area (Å²) in [5.74, 6) is 1.74. The van der Waals surface area contributed by atoms with E-state index >= 15 is 0 Å². The second-order valence-corrected chi connectivity index (χ2v) is 10.0. The standard InChI is InChI=1S/C22H33NO3/c1-21-10-9-14(24)11-13(21)5-6-15-16-7-8-17(20(26)23(3)4)22(16,2)12-18(25)19(15)21/h11,15-19,25H,5-10,12H2,1-4H3/t15?,16?,17?,18-,19?,21?,22?/m0/s1. The molecular weight excluding hydrogens is 326 g/mol. The van der Waals surface area contributed by atoms with Gasteiger partial charge in [-0.1, -0.05) is 19.4 Å². The predicted octanol–water partition coefficient (Wildman–Crippen LogP) is 3.19. The van der Waals surface area contributed by atoms with Gasteiger partial charge in [0.2, 0.25) is 5.91 Å². The minimum absolute atomic E-state index is 0.0378. The molecule has 4 aliphatic carbocycles. The quantitative estimate of drug-likeness (QED) is 0.782. The van der Waals surface area contributed by atoms with Crippen LogP contribution in [0, 0.1) is 34.5 Å². The van der Waals surface area contributed by atoms with Crippen molar-refractivity contribution in [2.75, 3.05) is 14.1 Å². The first-order valence-electron chi connectivity index (χ1n) is 10.3. The van der Waals surface area contributed by atoms with E-state index in [2.05, 4.69) is 13.8 Å². The number of hydrogen-bond donors (Lipinski definition) is 1. The molecule has 0 saturated heterocycles. The molecule has 1 N–H and O–H groups in total. The molecule has 144 valence electrons. The molecule has 7 atom stereocenters. The Balaban J connectivity index is 1.69. The number of allylic oxidation sites excluding steroid dienone is 1. The Morgan fingerprint density at radius 3 is 2.62 bits per heavy atom. The molecule has 4 rings (SSSR count). The molecule has 4 heteroatoms. The second-order valence-electron chi connectivity index (χ2n) is 10.0. The van der Waals surface area contributed by atoms with E-state index in [0.717, 1.165) is 38.5 Å². The lowest BCUT2D eigenvalue weighted by Crippen LogP contribution is -2.57. The average molecular weight is 360 g/mol. The second kappa shape index (κ2) is 5.92. The van der Waals surface area contributed by atoms with E-state index in [-0.39, 0.29) is 40.5 Å². The number of ketones is 1. The van der Waals surface area contributed by atoms with E-state index < -0.39 is 0 Å². The van der Waals surface area contributed by atoms with Crippen molar-refractivity contribution >= 4 is 11.7 Å². The van der Waals surface area contributed by atoms with Gasteiger partial charge in [-0.3, -0.25) is 9.59 Å². The SMILES string of the molecule is CN(C)C(=O)C1CCC2C3CCC4=CC(=O)CCC4(C)C3[C@@H](O)CC12C. The highest BCUT2D eigenvalue weighted by Gasteiger charge is 2.63. The van der Waals surface area contributed by atoms with E-state index in [1.165, 1.54) is 5.57 Å². The smallest absolute Gasteiger partial charge is 0.225 e. The number of rotatable bonds is 1. The molecule has 3 saturated carbocycles. The fourth-order valence-corrected chi connectivity index (χ4v) is 7.40. The normalized spacial score (nSPS) is 47.5. The van der Waals surface area contributed by atoms with E-state index in [1.807, 2.05) is 20.2 Å². The van der Waals surface area contributed by atoms with E-state index in [1.54, 1.807) is 4.90 Å². The summed E-state index contributed by atoms with van der Waals surface area (Å²) >= 11 is 0. The van der Waals surface area contributed by atoms with Crippen molar-refractivity contribution < 1.29 is 14.7 Å². The Morgan fingerprint density at radius 1 is 1.19 bits per heavy atom. The number of carbonyl (C=O) groups is 2. The van der Waals surface area contributed by atoms with Crippen LogP contribution in [0.2, 0.25) is 0 Å². The predicted molar refractivity (Wildman–Crippen MR) is 100 cm³/mol. The molecule has 0 aromatic carbocycles. The molecule has 0 bridgehead atoms. The van der Waals surface area contributed by atoms with Crippen molar-refractivity contribution in [3.8, 4) is 0 Å². The van der Waals surface area contributed by atoms with Crippen LogP contribution in [0.15, 0.2) is 11.6 Å². The Hall–Kier alpha value is -1.16. The Kier molecular flexibility index (Phi) is 4.15. The highest BCUT2D eigenvalue weighted by Crippen LogP contribution is 2.66. The molecule has 0 spiro atoms. The molecule has 0 aromatic heterocycles. The molecule has 3 fully saturated rings. The summed E-state index contributed by atoms with van der Waals surface area (Å²) in [5, 5.41) is 11.3. The first-order chi connectivity index (χ1) is 12.2. The molecule has 0 aliphatic heterocycles. The van der Waals surface area contributed by atoms with Crippen molar-refractivity contribution in [2.45, 2.75) is 64.9 Å². The van der Waals surface area contributed by atoms with E-state index in [0.29, 0.717) is 18.3 Å². The van der Waals surface area contributed by atoms with Gasteiger partial charge < -0.3 is 10.0 Å². The molecule has 6 unspecified atom stereocenters. The maximum atomic E-state index is 12.8. The molecule has 4 aliphatic rings. The number of hydrogen-bond acceptors (Lipinski definition) is 3. The topological polar surface area (TPSA) is 57.6 Å². The first kappa shape index (κ1) is 18.2. The van der Waals surface area contributed by atoms with Crippen LogP contribution in [0.4, 0.5) is 0 Å². The zero-order valence-electron chi connectivity index (χ0n) is 16.6. The third-order valence-electron chi connectivity index (χ3n) is 8.63. The average Bonchev–Trinajstić information content (AvgIpc) is 2.90. The van der Waals surface area contributed by atoms with Gasteiger partial charge in [-0.25, -0.2) is 0 Å². The number of carbonyl (C=O) groups excluding carboxylic acids is 2. The Bertz CT molecular complexity index is 668. The molecule has 4 nitrogen and oxygen atoms in total. The monoisotopic (exact) mass is 359 g/mol. The van der Waals surface area contributed by atoms with Gasteiger partial charge in [-0.05, 0) is 73.2 Å². The first-order valence-corrected chi connectivity index (χ1v) is 10.3. The van der Waals surface area contributed by atoms with Crippen LogP contribution in [0.25, 0.3) is 0 Å². The highest BCUT2D eigenvalue weighted by atomic mass is 16.3. The fraction of sp³-hybridized carbons (Fsp3) is 0.818. The molecule has 1 amide bonds. The van der Waals surface area contributed by atoms with Gasteiger partial charge in [-0.15, -0.1) is 0 Å². The van der Waals surface area contributed by atoms with E-state index in [9.17, 15) is 14.7 Å². The van der Waals surface area contributed by atoms with Crippen molar-refractivity contribution in [1.29, 1.82) is 0 Å². The van der Waals surface area contributed by atoms with Gasteiger partial charge >= 0.3 is 0 Å². The number of fused-ring (bicyclic) bond motifs is 5. The summed E-state index contributed by atoms with van der Waals surface area (Å²) < 4.78 is 0. The third kappa shape index (κ3) is 2.37. The summed E-state index contributed by atoms with van der Waals surface area (Å²) in [4.78, 5) is 26.5. The Morgan fingerprint density at radius 2 is 1.92 bits per heavy atom. The van der Waals surface area contributed by atoms with Crippen LogP contribution in [0.5, 0.6) is 0 Å². The fourth-order valence-electron chi connectivity index (χ4n) is 7.40. The van der Waals surface area contributed by atoms with Crippen LogP contribution in [-0.2, 0) is 9.59 Å². The Labute approximate surface area is 157 Å². The number of nitrogens with zero attached hydrogens (tertiary/aromatic N) is 1. The maximum Gasteiger partial charge on any atom is 0.225 e. The minimum atomic E-state index is -0.376. The van der Waals surface area contributed by atoms with Crippen molar-refractivity contribution in [1.82, 2.24) is 4.90 Å². The van der Waals surface area contributed by atoms with Gasteiger partial charge in [0.05, 0.1) is 6.10 Å². The minimum Gasteiger partial charge on any atom is -0.393 e. The summed E-state index contributed by atoms with van der Waals surface area (Å²) in [6.45, 7) is 4.54. The van der Waals surface area contributed by atoms with Crippen molar-refractivity contribution in [3.05, 3.63) is 11.6 Å². The zero-order chi connectivity index (χ0) is 18.9. The molecule has 0 heterocycles. The van der Waals surface area contributed by atoms with Gasteiger partial charge in [0, 0.05) is 26.4 Å². The molecule has 0 radical (unpaired) electrons. The number of aliphatic hydroxyl groups is 1. The molecule has 0 aromatic rings. The largest absolute Gasteiger partial charge is 0.393 e. The van der Waals surface area contributed by atoms with Crippen molar-refractivity contribution in [3.63, 3.8) is 0 Å². The van der Waals surface area contributed by atoms with Crippen molar-refractivity contribution in [2.24, 2.45) is 34.5 Å². The third-order valence-corrected chi connectivity index (χ3v) is 8.63. The van der Waals surface area contributed by atoms with Crippen LogP contribution in [0.3, 0.4) is 0 Å². The number of aliphatic hydroxyl groups excluding tert-OH is 1. The highest BCUT2D eigenvalue weighted by molar-refractivity contribution is 5.91. The summed E-state index contributed by atoms with van der Waals surface area (Å²) in [6, 6.07) is 0. The molecule has 26 heavy (non-hydrogen) atoms. The van der Waals surface area contributed by atoms with Crippen LogP contribution >= 0.6 is 0 Å². The summed E-state index contributed by atoms with van der Waals surface area (Å²) in [6.07, 6.45) is 7.80. The lowest BCUT2D eigenvalue weighted by atomic mass is 9.46. The lowest BCUT2D eigenvalue weighted by molar-refractivity contribution is -0.151. The zero-order valence-corrected chi connectivity index (χ0v) is 16.6. The van der Waals surface area contributed by atoms with E-state index in [4.69, 9.17) is 0 Å².